The molecule has 1 aromatic rings. The fourth-order valence-electron chi connectivity index (χ4n) is 2.03. The highest BCUT2D eigenvalue weighted by Gasteiger charge is 2.42. The number of benzene rings is 1. The van der Waals surface area contributed by atoms with Gasteiger partial charge in [-0.15, -0.1) is 0 Å². The number of hydrogen-bond acceptors (Lipinski definition) is 1. The van der Waals surface area contributed by atoms with Crippen LogP contribution in [0.25, 0.3) is 0 Å². The van der Waals surface area contributed by atoms with E-state index in [1.54, 1.807) is 12.1 Å². The van der Waals surface area contributed by atoms with Crippen molar-refractivity contribution in [3.05, 3.63) is 35.4 Å². The molecule has 0 aliphatic heterocycles. The molecule has 0 atom stereocenters. The highest BCUT2D eigenvalue weighted by atomic mass is 19.3. The van der Waals surface area contributed by atoms with Crippen LogP contribution in [0.5, 0.6) is 0 Å². The molecular formula is C16H22F2O2. The molecule has 0 saturated heterocycles. The number of aliphatic carboxylic acids is 1. The molecule has 1 N–H and O–H groups in total. The summed E-state index contributed by atoms with van der Waals surface area (Å²) in [6.45, 7) is 4.72. The van der Waals surface area contributed by atoms with Crippen molar-refractivity contribution in [2.75, 3.05) is 0 Å². The summed E-state index contributed by atoms with van der Waals surface area (Å²) >= 11 is 0. The van der Waals surface area contributed by atoms with Crippen molar-refractivity contribution in [3.63, 3.8) is 0 Å². The molecule has 1 aromatic carbocycles. The maximum absolute atomic E-state index is 14.1. The molecule has 112 valence electrons. The number of carboxylic acids is 1. The van der Waals surface area contributed by atoms with Crippen LogP contribution >= 0.6 is 0 Å². The smallest absolute Gasteiger partial charge is 0.309 e. The van der Waals surface area contributed by atoms with E-state index in [0.717, 1.165) is 24.8 Å². The summed E-state index contributed by atoms with van der Waals surface area (Å²) in [5, 5.41) is 8.96. The molecule has 0 amide bonds. The molecule has 0 heterocycles. The molecule has 2 nitrogen and oxygen atoms in total. The van der Waals surface area contributed by atoms with Gasteiger partial charge in [0.1, 0.15) is 0 Å². The van der Waals surface area contributed by atoms with Crippen LogP contribution < -0.4 is 0 Å². The van der Waals surface area contributed by atoms with Crippen molar-refractivity contribution >= 4 is 5.97 Å². The Morgan fingerprint density at radius 2 is 1.75 bits per heavy atom. The number of halogens is 2. The summed E-state index contributed by atoms with van der Waals surface area (Å²) in [5.41, 5.74) is -0.541. The van der Waals surface area contributed by atoms with Gasteiger partial charge in [0.25, 0.3) is 5.92 Å². The second kappa shape index (κ2) is 6.33. The van der Waals surface area contributed by atoms with Gasteiger partial charge in [-0.2, -0.15) is 0 Å². The van der Waals surface area contributed by atoms with E-state index in [9.17, 15) is 13.6 Å². The first-order valence-electron chi connectivity index (χ1n) is 6.89. The number of unbranched alkanes of at least 4 members (excludes halogenated alkanes) is 1. The highest BCUT2D eigenvalue weighted by Crippen LogP contribution is 2.39. The SMILES string of the molecule is CCCCc1ccc(C(F)(F)CC(C)(C)C(=O)O)cc1. The Kier molecular flexibility index (Phi) is 5.26. The van der Waals surface area contributed by atoms with Crippen LogP contribution in [0.4, 0.5) is 8.78 Å². The van der Waals surface area contributed by atoms with Crippen molar-refractivity contribution in [1.82, 2.24) is 0 Å². The number of hydrogen-bond donors (Lipinski definition) is 1. The minimum Gasteiger partial charge on any atom is -0.481 e. The highest BCUT2D eigenvalue weighted by molar-refractivity contribution is 5.73. The van der Waals surface area contributed by atoms with Crippen LogP contribution in [0.15, 0.2) is 24.3 Å². The molecule has 0 saturated carbocycles. The Bertz CT molecular complexity index is 450. The van der Waals surface area contributed by atoms with Crippen LogP contribution in [0.3, 0.4) is 0 Å². The average Bonchev–Trinajstić information content (AvgIpc) is 2.35. The molecule has 0 aliphatic carbocycles. The lowest BCUT2D eigenvalue weighted by Gasteiger charge is -2.26. The predicted octanol–water partition coefficient (Wildman–Crippen LogP) is 4.62. The van der Waals surface area contributed by atoms with E-state index in [2.05, 4.69) is 6.92 Å². The Morgan fingerprint density at radius 3 is 2.20 bits per heavy atom. The minimum atomic E-state index is -3.13. The van der Waals surface area contributed by atoms with Gasteiger partial charge >= 0.3 is 5.97 Å². The molecule has 4 heteroatoms. The van der Waals surface area contributed by atoms with Crippen LogP contribution in [0.1, 0.15) is 51.2 Å². The van der Waals surface area contributed by atoms with Gasteiger partial charge in [-0.25, -0.2) is 8.78 Å². The third-order valence-corrected chi connectivity index (χ3v) is 3.44. The monoisotopic (exact) mass is 284 g/mol. The van der Waals surface area contributed by atoms with Gasteiger partial charge < -0.3 is 5.11 Å². The minimum absolute atomic E-state index is 0.118. The van der Waals surface area contributed by atoms with E-state index < -0.39 is 23.7 Å². The Hall–Kier alpha value is -1.45. The van der Waals surface area contributed by atoms with Crippen molar-refractivity contribution in [1.29, 1.82) is 0 Å². The lowest BCUT2D eigenvalue weighted by molar-refractivity contribution is -0.153. The largest absolute Gasteiger partial charge is 0.481 e. The molecule has 0 fully saturated rings. The molecule has 0 radical (unpaired) electrons. The topological polar surface area (TPSA) is 37.3 Å². The standard InChI is InChI=1S/C16H22F2O2/c1-4-5-6-12-7-9-13(10-8-12)16(17,18)11-15(2,3)14(19)20/h7-10H,4-6,11H2,1-3H3,(H,19,20). The van der Waals surface area contributed by atoms with Crippen LogP contribution in [-0.4, -0.2) is 11.1 Å². The van der Waals surface area contributed by atoms with Crippen molar-refractivity contribution < 1.29 is 18.7 Å². The summed E-state index contributed by atoms with van der Waals surface area (Å²) in [6, 6.07) is 6.21. The van der Waals surface area contributed by atoms with E-state index >= 15 is 0 Å². The lowest BCUT2D eigenvalue weighted by atomic mass is 9.84. The molecule has 0 bridgehead atoms. The summed E-state index contributed by atoms with van der Waals surface area (Å²) < 4.78 is 28.3. The zero-order valence-corrected chi connectivity index (χ0v) is 12.2. The van der Waals surface area contributed by atoms with E-state index in [4.69, 9.17) is 5.11 Å². The number of carboxylic acid groups (broad SMARTS) is 1. The maximum atomic E-state index is 14.1. The van der Waals surface area contributed by atoms with Crippen molar-refractivity contribution in [2.24, 2.45) is 5.41 Å². The van der Waals surface area contributed by atoms with E-state index in [1.165, 1.54) is 26.0 Å². The quantitative estimate of drug-likeness (QED) is 0.793. The number of aryl methyl sites for hydroxylation is 1. The van der Waals surface area contributed by atoms with E-state index in [0.29, 0.717) is 0 Å². The zero-order chi connectivity index (χ0) is 15.4. The Morgan fingerprint density at radius 1 is 1.20 bits per heavy atom. The normalized spacial score (nSPS) is 12.4. The molecule has 0 aromatic heterocycles. The summed E-state index contributed by atoms with van der Waals surface area (Å²) in [7, 11) is 0. The number of alkyl halides is 2. The fraction of sp³-hybridized carbons (Fsp3) is 0.562. The van der Waals surface area contributed by atoms with E-state index in [1.807, 2.05) is 0 Å². The summed E-state index contributed by atoms with van der Waals surface area (Å²) in [4.78, 5) is 11.0. The summed E-state index contributed by atoms with van der Waals surface area (Å²) in [5.74, 6) is -4.35. The van der Waals surface area contributed by atoms with Gasteiger partial charge in [0.15, 0.2) is 0 Å². The maximum Gasteiger partial charge on any atom is 0.309 e. The summed E-state index contributed by atoms with van der Waals surface area (Å²) in [6.07, 6.45) is 2.26. The Labute approximate surface area is 118 Å². The Balaban J connectivity index is 2.84. The van der Waals surface area contributed by atoms with Crippen LogP contribution in [0.2, 0.25) is 0 Å². The van der Waals surface area contributed by atoms with Crippen LogP contribution in [-0.2, 0) is 17.1 Å². The second-order valence-corrected chi connectivity index (χ2v) is 5.87. The first-order chi connectivity index (χ1) is 9.19. The van der Waals surface area contributed by atoms with Gasteiger partial charge in [-0.3, -0.25) is 4.79 Å². The van der Waals surface area contributed by atoms with E-state index in [-0.39, 0.29) is 5.56 Å². The van der Waals surface area contributed by atoms with Crippen molar-refractivity contribution in [2.45, 2.75) is 52.4 Å². The first-order valence-corrected chi connectivity index (χ1v) is 6.89. The van der Waals surface area contributed by atoms with Gasteiger partial charge in [-0.05, 0) is 32.3 Å². The molecule has 0 unspecified atom stereocenters. The number of carbonyl (C=O) groups is 1. The zero-order valence-electron chi connectivity index (χ0n) is 12.2. The fourth-order valence-corrected chi connectivity index (χ4v) is 2.03. The van der Waals surface area contributed by atoms with Gasteiger partial charge in [0, 0.05) is 12.0 Å². The van der Waals surface area contributed by atoms with Gasteiger partial charge in [0.2, 0.25) is 0 Å². The molecule has 1 rings (SSSR count). The predicted molar refractivity (Wildman–Crippen MR) is 75.0 cm³/mol. The molecule has 0 aliphatic rings. The molecule has 0 spiro atoms. The number of rotatable bonds is 7. The lowest BCUT2D eigenvalue weighted by Crippen LogP contribution is -2.31. The van der Waals surface area contributed by atoms with Crippen molar-refractivity contribution in [3.8, 4) is 0 Å². The van der Waals surface area contributed by atoms with Gasteiger partial charge in [-0.1, -0.05) is 37.6 Å². The average molecular weight is 284 g/mol. The molecule has 20 heavy (non-hydrogen) atoms. The third-order valence-electron chi connectivity index (χ3n) is 3.44. The van der Waals surface area contributed by atoms with Crippen LogP contribution in [0, 0.1) is 5.41 Å². The third kappa shape index (κ3) is 4.29. The second-order valence-electron chi connectivity index (χ2n) is 5.87. The van der Waals surface area contributed by atoms with Gasteiger partial charge in [0.05, 0.1) is 5.41 Å². The molecular weight excluding hydrogens is 262 g/mol. The first kappa shape index (κ1) is 16.6.